The van der Waals surface area contributed by atoms with Crippen molar-refractivity contribution in [2.75, 3.05) is 10.2 Å². The van der Waals surface area contributed by atoms with Gasteiger partial charge in [-0.3, -0.25) is 7.05 Å². The van der Waals surface area contributed by atoms with E-state index in [4.69, 9.17) is 9.72 Å². The minimum atomic E-state index is -0.0171. The van der Waals surface area contributed by atoms with Crippen molar-refractivity contribution in [1.29, 1.82) is 0 Å². The molecule has 0 atom stereocenters. The van der Waals surface area contributed by atoms with Crippen LogP contribution in [0, 0.1) is 19.2 Å². The average molecular weight is 963 g/mol. The molecule has 3 heterocycles. The number of pyridine rings is 1. The summed E-state index contributed by atoms with van der Waals surface area (Å²) in [7, 11) is 4.67. The molecule has 59 heavy (non-hydrogen) atoms. The number of nitrogens with zero attached hydrogens (tertiary/aromatic N) is 3. The fourth-order valence-corrected chi connectivity index (χ4v) is 9.07. The first-order chi connectivity index (χ1) is 28.3. The molecule has 1 N–H and O–H groups in total. The van der Waals surface area contributed by atoms with Crippen molar-refractivity contribution in [2.24, 2.45) is 0 Å². The molecule has 0 bridgehead atoms. The summed E-state index contributed by atoms with van der Waals surface area (Å²) in [5, 5.41) is 6.06. The van der Waals surface area contributed by atoms with E-state index < -0.39 is 0 Å². The summed E-state index contributed by atoms with van der Waals surface area (Å²) in [5.41, 5.74) is 11.3. The van der Waals surface area contributed by atoms with Crippen molar-refractivity contribution in [3.63, 3.8) is 0 Å². The summed E-state index contributed by atoms with van der Waals surface area (Å²) >= 11 is 1.77. The number of aromatic nitrogens is 2. The molecular formula is C52H39N4OPtS-3. The third-order valence-corrected chi connectivity index (χ3v) is 11.8. The van der Waals surface area contributed by atoms with Crippen molar-refractivity contribution in [3.8, 4) is 39.6 Å². The molecule has 3 aromatic heterocycles. The number of ether oxygens (including phenoxy) is 1. The molecule has 0 saturated carbocycles. The standard InChI is InChI=1S/C52H39N4OS.Pt/c1-52(2,3)36-28-29-53-48(30-36)56-44-26-15-27-46-49(44)50-45(56)32-39(33-47(50)58-46)57-38-21-13-20-37(31-38)54-42-24-11-12-25-43(42)55(4)51-40(34-16-7-5-8-17-34)22-14-23-41(51)35-18-9-6-10-19-35;/h5-30,33,54H,4H2,1-3H3;/q-3;. The topological polar surface area (TPSA) is 42.3 Å². The molecule has 0 amide bonds. The zero-order valence-corrected chi connectivity index (χ0v) is 35.9. The van der Waals surface area contributed by atoms with Gasteiger partial charge in [-0.1, -0.05) is 139 Å². The molecule has 0 spiro atoms. The van der Waals surface area contributed by atoms with Gasteiger partial charge in [0.15, 0.2) is 0 Å². The van der Waals surface area contributed by atoms with E-state index in [0.717, 1.165) is 66.6 Å². The van der Waals surface area contributed by atoms with E-state index in [-0.39, 0.29) is 26.5 Å². The van der Waals surface area contributed by atoms with Crippen molar-refractivity contribution in [1.82, 2.24) is 9.55 Å². The van der Waals surface area contributed by atoms with E-state index in [1.54, 1.807) is 11.3 Å². The van der Waals surface area contributed by atoms with Crippen molar-refractivity contribution >= 4 is 65.3 Å². The molecule has 0 fully saturated rings. The molecule has 0 aliphatic heterocycles. The Kier molecular flexibility index (Phi) is 10.1. The van der Waals surface area contributed by atoms with Gasteiger partial charge in [-0.15, -0.1) is 30.3 Å². The van der Waals surface area contributed by atoms with Gasteiger partial charge in [0.1, 0.15) is 5.82 Å². The Hall–Kier alpha value is -6.20. The molecule has 5 nitrogen and oxygen atoms in total. The number of thiophene rings is 1. The predicted octanol–water partition coefficient (Wildman–Crippen LogP) is 14.5. The molecule has 10 aromatic rings. The van der Waals surface area contributed by atoms with Gasteiger partial charge < -0.3 is 19.5 Å². The first-order valence-corrected chi connectivity index (χ1v) is 20.2. The number of nitrogens with one attached hydrogen (secondary N) is 1. The van der Waals surface area contributed by atoms with Crippen LogP contribution in [0.2, 0.25) is 0 Å². The molecular weight excluding hydrogens is 924 g/mol. The second-order valence-electron chi connectivity index (χ2n) is 15.5. The normalized spacial score (nSPS) is 11.6. The van der Waals surface area contributed by atoms with Crippen LogP contribution >= 0.6 is 11.3 Å². The molecule has 0 aliphatic carbocycles. The summed E-state index contributed by atoms with van der Waals surface area (Å²) in [6, 6.07) is 61.5. The van der Waals surface area contributed by atoms with Crippen LogP contribution in [0.3, 0.4) is 0 Å². The maximum Gasteiger partial charge on any atom is 0.135 e. The number of hydrogen-bond donors (Lipinski definition) is 1. The first-order valence-electron chi connectivity index (χ1n) is 19.4. The molecule has 0 aliphatic rings. The summed E-state index contributed by atoms with van der Waals surface area (Å²) in [4.78, 5) is 6.90. The fraction of sp³-hybridized carbons (Fsp3) is 0.0769. The largest absolute Gasteiger partial charge is 0.509 e. The monoisotopic (exact) mass is 962 g/mol. The zero-order chi connectivity index (χ0) is 39.4. The minimum Gasteiger partial charge on any atom is -0.509 e. The van der Waals surface area contributed by atoms with Gasteiger partial charge in [0.25, 0.3) is 0 Å². The summed E-state index contributed by atoms with van der Waals surface area (Å²) in [6.45, 7) is 6.68. The third-order valence-electron chi connectivity index (χ3n) is 10.7. The van der Waals surface area contributed by atoms with Crippen LogP contribution in [0.15, 0.2) is 164 Å². The van der Waals surface area contributed by atoms with Gasteiger partial charge in [-0.05, 0) is 63.9 Å². The van der Waals surface area contributed by atoms with Gasteiger partial charge in [-0.2, -0.15) is 17.4 Å². The van der Waals surface area contributed by atoms with Crippen LogP contribution < -0.4 is 15.0 Å². The van der Waals surface area contributed by atoms with E-state index in [1.165, 1.54) is 21.0 Å². The van der Waals surface area contributed by atoms with Crippen molar-refractivity contribution in [3.05, 3.63) is 189 Å². The Morgan fingerprint density at radius 1 is 0.678 bits per heavy atom. The summed E-state index contributed by atoms with van der Waals surface area (Å²) in [5.74, 6) is 2.07. The summed E-state index contributed by atoms with van der Waals surface area (Å²) in [6.07, 6.45) is 1.91. The van der Waals surface area contributed by atoms with Gasteiger partial charge in [0.2, 0.25) is 0 Å². The van der Waals surface area contributed by atoms with Crippen LogP contribution in [0.25, 0.3) is 59.3 Å². The Balaban J connectivity index is 0.00000449. The van der Waals surface area contributed by atoms with E-state index >= 15 is 0 Å². The van der Waals surface area contributed by atoms with E-state index in [0.29, 0.717) is 11.5 Å². The minimum absolute atomic E-state index is 0. The number of benzene rings is 7. The Labute approximate surface area is 363 Å². The second kappa shape index (κ2) is 15.5. The van der Waals surface area contributed by atoms with Crippen LogP contribution in [0.4, 0.5) is 22.7 Å². The van der Waals surface area contributed by atoms with Crippen LogP contribution in [0.1, 0.15) is 26.3 Å². The number of anilines is 4. The smallest absolute Gasteiger partial charge is 0.135 e. The second-order valence-corrected chi connectivity index (χ2v) is 16.6. The number of para-hydroxylation sites is 3. The number of rotatable bonds is 9. The van der Waals surface area contributed by atoms with Gasteiger partial charge in [0.05, 0.1) is 5.69 Å². The van der Waals surface area contributed by atoms with E-state index in [9.17, 15) is 0 Å². The molecule has 0 radical (unpaired) electrons. The van der Waals surface area contributed by atoms with Gasteiger partial charge in [0, 0.05) is 71.5 Å². The van der Waals surface area contributed by atoms with E-state index in [1.807, 2.05) is 53.6 Å². The van der Waals surface area contributed by atoms with Crippen LogP contribution in [-0.2, 0) is 26.5 Å². The maximum absolute atomic E-state index is 6.61. The Morgan fingerprint density at radius 3 is 2.08 bits per heavy atom. The number of hydrogen-bond acceptors (Lipinski definition) is 5. The van der Waals surface area contributed by atoms with E-state index in [2.05, 4.69) is 165 Å². The molecule has 0 saturated heterocycles. The first kappa shape index (κ1) is 38.3. The van der Waals surface area contributed by atoms with Crippen LogP contribution in [0.5, 0.6) is 11.5 Å². The van der Waals surface area contributed by atoms with Crippen LogP contribution in [-0.4, -0.2) is 9.55 Å². The summed E-state index contributed by atoms with van der Waals surface area (Å²) < 4.78 is 11.2. The quantitative estimate of drug-likeness (QED) is 0.146. The molecule has 7 heteroatoms. The Morgan fingerprint density at radius 2 is 1.36 bits per heavy atom. The fourth-order valence-electron chi connectivity index (χ4n) is 7.91. The SMILES string of the molecule is [CH2-]N(c1ccccc1Nc1[c-]c(Oc2[c-]c3c4c(c2)sc2cccc(c24)n3-c2cc(C(C)(C)C)ccn2)ccc1)c1c(-c2ccccc2)cccc1-c1ccccc1.[Pt]. The zero-order valence-electron chi connectivity index (χ0n) is 32.8. The molecule has 292 valence electrons. The van der Waals surface area contributed by atoms with Gasteiger partial charge in [-0.25, -0.2) is 4.98 Å². The maximum atomic E-state index is 6.61. The predicted molar refractivity (Wildman–Crippen MR) is 243 cm³/mol. The van der Waals surface area contributed by atoms with Crippen molar-refractivity contribution in [2.45, 2.75) is 26.2 Å². The van der Waals surface area contributed by atoms with Gasteiger partial charge >= 0.3 is 0 Å². The Bertz CT molecular complexity index is 3020. The molecule has 7 aromatic carbocycles. The molecule has 0 unspecified atom stereocenters. The average Bonchev–Trinajstić information content (AvgIpc) is 3.80. The van der Waals surface area contributed by atoms with Crippen molar-refractivity contribution < 1.29 is 25.8 Å². The third kappa shape index (κ3) is 7.07. The molecule has 10 rings (SSSR count).